The summed E-state index contributed by atoms with van der Waals surface area (Å²) >= 11 is 0. The van der Waals surface area contributed by atoms with E-state index in [2.05, 4.69) is 27.1 Å². The van der Waals surface area contributed by atoms with E-state index < -0.39 is 18.2 Å². The van der Waals surface area contributed by atoms with Gasteiger partial charge in [0, 0.05) is 21.9 Å². The van der Waals surface area contributed by atoms with Crippen LogP contribution in [-0.2, 0) is 17.4 Å². The summed E-state index contributed by atoms with van der Waals surface area (Å²) in [5.41, 5.74) is 2.50. The highest BCUT2D eigenvalue weighted by Crippen LogP contribution is 2.36. The monoisotopic (exact) mass is 554 g/mol. The van der Waals surface area contributed by atoms with Crippen LogP contribution in [0.5, 0.6) is 5.75 Å². The number of hydrogen-bond donors (Lipinski definition) is 3. The molecule has 0 atom stereocenters. The van der Waals surface area contributed by atoms with E-state index in [9.17, 15) is 26.7 Å². The topological polar surface area (TPSA) is 82.8 Å². The lowest BCUT2D eigenvalue weighted by Gasteiger charge is -2.12. The van der Waals surface area contributed by atoms with Gasteiger partial charge in [0.1, 0.15) is 18.1 Å². The Morgan fingerprint density at radius 2 is 1.85 bits per heavy atom. The first-order valence-corrected chi connectivity index (χ1v) is 12.2. The first-order chi connectivity index (χ1) is 19.1. The fraction of sp³-hybridized carbons (Fsp3) is 0.172. The van der Waals surface area contributed by atoms with Crippen LogP contribution in [0.15, 0.2) is 73.3 Å². The molecule has 6 nitrogen and oxygen atoms in total. The molecule has 0 bridgehead atoms. The predicted octanol–water partition coefficient (Wildman–Crippen LogP) is 6.94. The third kappa shape index (κ3) is 5.68. The Kier molecular flexibility index (Phi) is 7.29. The molecule has 0 spiro atoms. The van der Waals surface area contributed by atoms with Gasteiger partial charge in [-0.2, -0.15) is 18.3 Å². The maximum absolute atomic E-state index is 13.2. The van der Waals surface area contributed by atoms with Gasteiger partial charge in [0.2, 0.25) is 5.91 Å². The van der Waals surface area contributed by atoms with Crippen LogP contribution in [0.3, 0.4) is 0 Å². The number of benzene rings is 3. The lowest BCUT2D eigenvalue weighted by molar-refractivity contribution is -0.137. The van der Waals surface area contributed by atoms with Crippen LogP contribution < -0.4 is 10.1 Å². The van der Waals surface area contributed by atoms with Gasteiger partial charge in [0.25, 0.3) is 6.43 Å². The van der Waals surface area contributed by atoms with Crippen molar-refractivity contribution in [1.29, 1.82) is 0 Å². The SMILES string of the molecule is C=CC(=O)NCCOc1cc(Cc2cccc(C(F)(F)F)c2)cc2[nH]c(-c3n[nH]c4cc(C(F)F)ccc34)cc12. The van der Waals surface area contributed by atoms with Crippen molar-refractivity contribution in [3.63, 3.8) is 0 Å². The highest BCUT2D eigenvalue weighted by atomic mass is 19.4. The molecule has 2 aromatic heterocycles. The minimum Gasteiger partial charge on any atom is -0.491 e. The van der Waals surface area contributed by atoms with Crippen LogP contribution in [-0.4, -0.2) is 34.2 Å². The summed E-state index contributed by atoms with van der Waals surface area (Å²) in [5, 5.41) is 11.0. The van der Waals surface area contributed by atoms with Gasteiger partial charge >= 0.3 is 6.18 Å². The molecule has 5 rings (SSSR count). The van der Waals surface area contributed by atoms with Crippen LogP contribution in [0.2, 0.25) is 0 Å². The van der Waals surface area contributed by atoms with E-state index in [0.29, 0.717) is 50.1 Å². The average Bonchev–Trinajstić information content (AvgIpc) is 3.54. The number of nitrogens with zero attached hydrogens (tertiary/aromatic N) is 1. The van der Waals surface area contributed by atoms with Crippen LogP contribution in [0, 0.1) is 0 Å². The van der Waals surface area contributed by atoms with Crippen molar-refractivity contribution in [1.82, 2.24) is 20.5 Å². The lowest BCUT2D eigenvalue weighted by Crippen LogP contribution is -2.26. The Balaban J connectivity index is 1.52. The van der Waals surface area contributed by atoms with E-state index in [1.54, 1.807) is 24.3 Å². The summed E-state index contributed by atoms with van der Waals surface area (Å²) in [6.45, 7) is 3.74. The second-order valence-corrected chi connectivity index (χ2v) is 9.13. The van der Waals surface area contributed by atoms with Crippen LogP contribution in [0.4, 0.5) is 22.0 Å². The summed E-state index contributed by atoms with van der Waals surface area (Å²) < 4.78 is 72.0. The van der Waals surface area contributed by atoms with Crippen LogP contribution >= 0.6 is 0 Å². The predicted molar refractivity (Wildman–Crippen MR) is 141 cm³/mol. The number of rotatable bonds is 9. The molecule has 0 unspecified atom stereocenters. The Labute approximate surface area is 224 Å². The smallest absolute Gasteiger partial charge is 0.416 e. The molecule has 40 heavy (non-hydrogen) atoms. The first-order valence-electron chi connectivity index (χ1n) is 12.2. The van der Waals surface area contributed by atoms with Crippen LogP contribution in [0.25, 0.3) is 33.2 Å². The first kappa shape index (κ1) is 26.9. The number of nitrogens with one attached hydrogen (secondary N) is 3. The maximum atomic E-state index is 13.2. The number of carbonyl (C=O) groups is 1. The maximum Gasteiger partial charge on any atom is 0.416 e. The molecule has 0 fully saturated rings. The molecule has 0 radical (unpaired) electrons. The molecule has 2 heterocycles. The van der Waals surface area contributed by atoms with Gasteiger partial charge in [0.15, 0.2) is 0 Å². The molecule has 11 heteroatoms. The zero-order valence-electron chi connectivity index (χ0n) is 20.9. The van der Waals surface area contributed by atoms with Gasteiger partial charge in [-0.3, -0.25) is 9.89 Å². The molecule has 1 amide bonds. The molecule has 0 aliphatic rings. The average molecular weight is 555 g/mol. The van der Waals surface area contributed by atoms with E-state index in [1.807, 2.05) is 6.07 Å². The number of halogens is 5. The minimum atomic E-state index is -4.46. The number of aromatic amines is 2. The third-order valence-electron chi connectivity index (χ3n) is 6.36. The molecule has 0 saturated carbocycles. The molecule has 0 saturated heterocycles. The van der Waals surface area contributed by atoms with Crippen molar-refractivity contribution in [2.24, 2.45) is 0 Å². The van der Waals surface area contributed by atoms with E-state index in [0.717, 1.165) is 18.2 Å². The van der Waals surface area contributed by atoms with E-state index in [-0.39, 0.29) is 31.0 Å². The molecule has 0 aliphatic carbocycles. The van der Waals surface area contributed by atoms with Gasteiger partial charge < -0.3 is 15.0 Å². The minimum absolute atomic E-state index is 0.127. The highest BCUT2D eigenvalue weighted by molar-refractivity contribution is 5.97. The van der Waals surface area contributed by atoms with Crippen molar-refractivity contribution in [2.45, 2.75) is 19.0 Å². The summed E-state index contributed by atoms with van der Waals surface area (Å²) in [6.07, 6.45) is -5.72. The van der Waals surface area contributed by atoms with Crippen molar-refractivity contribution in [3.8, 4) is 17.1 Å². The number of amides is 1. The zero-order chi connectivity index (χ0) is 28.4. The lowest BCUT2D eigenvalue weighted by atomic mass is 10.0. The number of carbonyl (C=O) groups excluding carboxylic acids is 1. The normalized spacial score (nSPS) is 11.8. The fourth-order valence-electron chi connectivity index (χ4n) is 4.49. The summed E-state index contributed by atoms with van der Waals surface area (Å²) in [6, 6.07) is 14.7. The Morgan fingerprint density at radius 3 is 2.60 bits per heavy atom. The van der Waals surface area contributed by atoms with Crippen molar-refractivity contribution in [2.75, 3.05) is 13.2 Å². The largest absolute Gasteiger partial charge is 0.491 e. The number of ether oxygens (including phenoxy) is 1. The Bertz CT molecular complexity index is 1700. The molecule has 206 valence electrons. The summed E-state index contributed by atoms with van der Waals surface area (Å²) in [5.74, 6) is 0.103. The Morgan fingerprint density at radius 1 is 1.02 bits per heavy atom. The molecule has 5 aromatic rings. The summed E-state index contributed by atoms with van der Waals surface area (Å²) in [4.78, 5) is 14.7. The van der Waals surface area contributed by atoms with Gasteiger partial charge in [-0.05, 0) is 54.0 Å². The van der Waals surface area contributed by atoms with E-state index >= 15 is 0 Å². The van der Waals surface area contributed by atoms with E-state index in [4.69, 9.17) is 4.74 Å². The van der Waals surface area contributed by atoms with Crippen molar-refractivity contribution in [3.05, 3.63) is 95.6 Å². The number of fused-ring (bicyclic) bond motifs is 2. The van der Waals surface area contributed by atoms with Gasteiger partial charge in [0.05, 0.1) is 23.3 Å². The number of hydrogen-bond acceptors (Lipinski definition) is 3. The quantitative estimate of drug-likeness (QED) is 0.105. The third-order valence-corrected chi connectivity index (χ3v) is 6.36. The second kappa shape index (κ2) is 10.8. The second-order valence-electron chi connectivity index (χ2n) is 9.13. The zero-order valence-corrected chi connectivity index (χ0v) is 20.9. The molecular weight excluding hydrogens is 531 g/mol. The highest BCUT2D eigenvalue weighted by Gasteiger charge is 2.30. The Hall–Kier alpha value is -4.67. The molecule has 3 aromatic carbocycles. The van der Waals surface area contributed by atoms with Crippen LogP contribution in [0.1, 0.15) is 28.7 Å². The fourth-order valence-corrected chi connectivity index (χ4v) is 4.49. The van der Waals surface area contributed by atoms with E-state index in [1.165, 1.54) is 18.2 Å². The molecular formula is C29H23F5N4O2. The molecule has 3 N–H and O–H groups in total. The molecule has 0 aliphatic heterocycles. The van der Waals surface area contributed by atoms with Gasteiger partial charge in [-0.15, -0.1) is 0 Å². The standard InChI is InChI=1S/C29H23F5N4O2/c1-2-26(39)35-8-9-40-25-13-17(10-16-4-3-5-19(11-16)29(32,33)34)12-22-21(25)15-24(36-22)27-20-7-6-18(28(30)31)14-23(20)37-38-27/h2-7,11-15,28,36H,1,8-10H2,(H,35,39)(H,37,38). The number of alkyl halides is 5. The van der Waals surface area contributed by atoms with Gasteiger partial charge in [-0.25, -0.2) is 8.78 Å². The number of H-pyrrole nitrogens is 2. The summed E-state index contributed by atoms with van der Waals surface area (Å²) in [7, 11) is 0. The van der Waals surface area contributed by atoms with Crippen molar-refractivity contribution < 1.29 is 31.5 Å². The van der Waals surface area contributed by atoms with Gasteiger partial charge in [-0.1, -0.05) is 36.9 Å². The van der Waals surface area contributed by atoms with Crippen molar-refractivity contribution >= 4 is 27.7 Å². The number of aromatic nitrogens is 3.